The van der Waals surface area contributed by atoms with Crippen LogP contribution in [-0.4, -0.2) is 19.4 Å². The maximum absolute atomic E-state index is 5.60. The maximum Gasteiger partial charge on any atom is 0.183 e. The number of anilines is 1. The Bertz CT molecular complexity index is 517. The van der Waals surface area contributed by atoms with Gasteiger partial charge in [0.25, 0.3) is 0 Å². The van der Waals surface area contributed by atoms with Gasteiger partial charge < -0.3 is 19.7 Å². The third kappa shape index (κ3) is 2.21. The molecule has 5 nitrogen and oxygen atoms in total. The highest BCUT2D eigenvalue weighted by Gasteiger charge is 2.15. The van der Waals surface area contributed by atoms with Crippen molar-refractivity contribution in [3.63, 3.8) is 0 Å². The van der Waals surface area contributed by atoms with Crippen molar-refractivity contribution in [1.29, 1.82) is 0 Å². The molecule has 0 saturated heterocycles. The van der Waals surface area contributed by atoms with Crippen LogP contribution >= 0.6 is 15.9 Å². The Labute approximate surface area is 107 Å². The molecular formula is C11H11BrN2O3. The first kappa shape index (κ1) is 11.8. The summed E-state index contributed by atoms with van der Waals surface area (Å²) in [5, 5.41) is 3.68. The number of halogens is 1. The number of ether oxygens (including phenoxy) is 2. The van der Waals surface area contributed by atoms with Gasteiger partial charge in [-0.2, -0.15) is 0 Å². The van der Waals surface area contributed by atoms with E-state index in [1.54, 1.807) is 20.3 Å². The molecular weight excluding hydrogens is 288 g/mol. The number of rotatable bonds is 3. The van der Waals surface area contributed by atoms with E-state index in [4.69, 9.17) is 19.7 Å². The molecule has 6 heteroatoms. The summed E-state index contributed by atoms with van der Waals surface area (Å²) >= 11 is 3.32. The summed E-state index contributed by atoms with van der Waals surface area (Å²) in [5.74, 6) is 2.18. The number of benzene rings is 1. The number of nitrogens with two attached hydrogens (primary N) is 1. The minimum absolute atomic E-state index is 0.307. The normalized spacial score (nSPS) is 10.3. The van der Waals surface area contributed by atoms with Gasteiger partial charge in [-0.25, -0.2) is 0 Å². The molecule has 0 spiro atoms. The second kappa shape index (κ2) is 4.67. The van der Waals surface area contributed by atoms with Crippen molar-refractivity contribution in [3.05, 3.63) is 22.7 Å². The van der Waals surface area contributed by atoms with Gasteiger partial charge in [-0.15, -0.1) is 0 Å². The van der Waals surface area contributed by atoms with E-state index in [0.717, 1.165) is 5.56 Å². The van der Waals surface area contributed by atoms with E-state index in [1.807, 2.05) is 12.1 Å². The third-order valence-electron chi connectivity index (χ3n) is 2.27. The lowest BCUT2D eigenvalue weighted by Crippen LogP contribution is -1.88. The van der Waals surface area contributed by atoms with E-state index >= 15 is 0 Å². The van der Waals surface area contributed by atoms with Crippen LogP contribution in [0.2, 0.25) is 0 Å². The molecule has 90 valence electrons. The molecule has 0 radical (unpaired) electrons. The number of hydrogen-bond acceptors (Lipinski definition) is 5. The third-order valence-corrected chi connectivity index (χ3v) is 3.04. The van der Waals surface area contributed by atoms with Crippen molar-refractivity contribution in [1.82, 2.24) is 5.16 Å². The van der Waals surface area contributed by atoms with Crippen LogP contribution < -0.4 is 15.2 Å². The summed E-state index contributed by atoms with van der Waals surface area (Å²) < 4.78 is 16.1. The molecule has 2 rings (SSSR count). The molecule has 2 aromatic rings. The molecule has 0 bridgehead atoms. The van der Waals surface area contributed by atoms with E-state index in [9.17, 15) is 0 Å². The molecule has 0 aliphatic heterocycles. The van der Waals surface area contributed by atoms with E-state index in [1.165, 1.54) is 0 Å². The Morgan fingerprint density at radius 2 is 1.76 bits per heavy atom. The first-order valence-corrected chi connectivity index (χ1v) is 5.59. The first-order chi connectivity index (χ1) is 8.15. The second-order valence-corrected chi connectivity index (χ2v) is 4.11. The Hall–Kier alpha value is -1.69. The Balaban J connectivity index is 2.54. The SMILES string of the molecule is COc1cc(OC)cc(-c2onc(N)c2Br)c1. The van der Waals surface area contributed by atoms with Crippen LogP contribution in [0.5, 0.6) is 11.5 Å². The Kier molecular flexibility index (Phi) is 3.23. The molecule has 2 N–H and O–H groups in total. The van der Waals surface area contributed by atoms with Crippen LogP contribution in [-0.2, 0) is 0 Å². The minimum atomic E-state index is 0.307. The van der Waals surface area contributed by atoms with Crippen molar-refractivity contribution >= 4 is 21.7 Å². The van der Waals surface area contributed by atoms with E-state index < -0.39 is 0 Å². The Morgan fingerprint density at radius 3 is 2.18 bits per heavy atom. The predicted octanol–water partition coefficient (Wildman–Crippen LogP) is 2.70. The lowest BCUT2D eigenvalue weighted by Gasteiger charge is -2.06. The molecule has 1 aromatic carbocycles. The molecule has 0 atom stereocenters. The zero-order valence-electron chi connectivity index (χ0n) is 9.36. The topological polar surface area (TPSA) is 70.5 Å². The number of aromatic nitrogens is 1. The molecule has 0 aliphatic rings. The van der Waals surface area contributed by atoms with E-state index in [-0.39, 0.29) is 0 Å². The van der Waals surface area contributed by atoms with Crippen LogP contribution in [0.4, 0.5) is 5.82 Å². The van der Waals surface area contributed by atoms with E-state index in [2.05, 4.69) is 21.1 Å². The first-order valence-electron chi connectivity index (χ1n) is 4.79. The monoisotopic (exact) mass is 298 g/mol. The fourth-order valence-corrected chi connectivity index (χ4v) is 1.78. The summed E-state index contributed by atoms with van der Waals surface area (Å²) in [4.78, 5) is 0. The number of nitrogens with zero attached hydrogens (tertiary/aromatic N) is 1. The van der Waals surface area contributed by atoms with Crippen molar-refractivity contribution in [2.75, 3.05) is 20.0 Å². The zero-order chi connectivity index (χ0) is 12.4. The highest BCUT2D eigenvalue weighted by molar-refractivity contribution is 9.10. The van der Waals surface area contributed by atoms with Gasteiger partial charge >= 0.3 is 0 Å². The number of hydrogen-bond donors (Lipinski definition) is 1. The molecule has 1 heterocycles. The van der Waals surface area contributed by atoms with Gasteiger partial charge in [-0.05, 0) is 28.1 Å². The van der Waals surface area contributed by atoms with Crippen LogP contribution in [0.15, 0.2) is 27.2 Å². The Morgan fingerprint density at radius 1 is 1.18 bits per heavy atom. The smallest absolute Gasteiger partial charge is 0.183 e. The summed E-state index contributed by atoms with van der Waals surface area (Å²) in [6.45, 7) is 0. The highest BCUT2D eigenvalue weighted by Crippen LogP contribution is 2.36. The molecule has 0 aliphatic carbocycles. The summed E-state index contributed by atoms with van der Waals surface area (Å²) in [7, 11) is 3.17. The fourth-order valence-electron chi connectivity index (χ4n) is 1.41. The predicted molar refractivity (Wildman–Crippen MR) is 67.2 cm³/mol. The lowest BCUT2D eigenvalue weighted by molar-refractivity contribution is 0.393. The van der Waals surface area contributed by atoms with Crippen molar-refractivity contribution < 1.29 is 14.0 Å². The molecule has 0 unspecified atom stereocenters. The van der Waals surface area contributed by atoms with Gasteiger partial charge in [0.1, 0.15) is 16.0 Å². The van der Waals surface area contributed by atoms with E-state index in [0.29, 0.717) is 27.5 Å². The molecule has 0 amide bonds. The quantitative estimate of drug-likeness (QED) is 0.943. The summed E-state index contributed by atoms with van der Waals surface area (Å²) in [6, 6.07) is 5.40. The van der Waals surface area contributed by atoms with Crippen molar-refractivity contribution in [2.24, 2.45) is 0 Å². The van der Waals surface area contributed by atoms with Gasteiger partial charge in [-0.1, -0.05) is 5.16 Å². The maximum atomic E-state index is 5.60. The number of nitrogen functional groups attached to an aromatic ring is 1. The standard InChI is InChI=1S/C11H11BrN2O3/c1-15-7-3-6(4-8(5-7)16-2)10-9(12)11(13)14-17-10/h3-5H,1-2H3,(H2,13,14). The molecule has 1 aromatic heterocycles. The van der Waals surface area contributed by atoms with Crippen LogP contribution in [0.25, 0.3) is 11.3 Å². The zero-order valence-corrected chi connectivity index (χ0v) is 10.9. The second-order valence-electron chi connectivity index (χ2n) is 3.31. The van der Waals surface area contributed by atoms with Gasteiger partial charge in [0.2, 0.25) is 0 Å². The van der Waals surface area contributed by atoms with Gasteiger partial charge in [0.05, 0.1) is 14.2 Å². The molecule has 17 heavy (non-hydrogen) atoms. The minimum Gasteiger partial charge on any atom is -0.497 e. The summed E-state index contributed by atoms with van der Waals surface area (Å²) in [6.07, 6.45) is 0. The molecule has 0 saturated carbocycles. The largest absolute Gasteiger partial charge is 0.497 e. The van der Waals surface area contributed by atoms with Crippen molar-refractivity contribution in [2.45, 2.75) is 0 Å². The van der Waals surface area contributed by atoms with Gasteiger partial charge in [0, 0.05) is 11.6 Å². The van der Waals surface area contributed by atoms with Crippen molar-refractivity contribution in [3.8, 4) is 22.8 Å². The lowest BCUT2D eigenvalue weighted by atomic mass is 10.1. The number of methoxy groups -OCH3 is 2. The van der Waals surface area contributed by atoms with Gasteiger partial charge in [0.15, 0.2) is 11.6 Å². The van der Waals surface area contributed by atoms with Crippen LogP contribution in [0.1, 0.15) is 0 Å². The fraction of sp³-hybridized carbons (Fsp3) is 0.182. The summed E-state index contributed by atoms with van der Waals surface area (Å²) in [5.41, 5.74) is 6.38. The van der Waals surface area contributed by atoms with Gasteiger partial charge in [-0.3, -0.25) is 0 Å². The van der Waals surface area contributed by atoms with Crippen LogP contribution in [0.3, 0.4) is 0 Å². The highest BCUT2D eigenvalue weighted by atomic mass is 79.9. The molecule has 0 fully saturated rings. The average Bonchev–Trinajstić information content (AvgIpc) is 2.69. The average molecular weight is 299 g/mol. The van der Waals surface area contributed by atoms with Crippen LogP contribution in [0, 0.1) is 0 Å².